The number of halogens is 4. The van der Waals surface area contributed by atoms with Crippen molar-refractivity contribution in [2.75, 3.05) is 38.1 Å². The predicted molar refractivity (Wildman–Crippen MR) is 121 cm³/mol. The molecule has 0 spiro atoms. The van der Waals surface area contributed by atoms with E-state index < -0.39 is 24.1 Å². The summed E-state index contributed by atoms with van der Waals surface area (Å²) < 4.78 is 78.1. The Morgan fingerprint density at radius 1 is 1.12 bits per heavy atom. The van der Waals surface area contributed by atoms with E-state index in [9.17, 15) is 17.6 Å². The topological polar surface area (TPSA) is 50.3 Å². The molecule has 9 heteroatoms. The van der Waals surface area contributed by atoms with E-state index in [1.165, 1.54) is 18.2 Å². The van der Waals surface area contributed by atoms with Crippen LogP contribution in [0.15, 0.2) is 24.3 Å². The van der Waals surface area contributed by atoms with Crippen LogP contribution >= 0.6 is 0 Å². The van der Waals surface area contributed by atoms with Crippen LogP contribution in [0.1, 0.15) is 39.6 Å². The minimum atomic E-state index is -4.63. The number of aromatic nitrogens is 2. The number of likely N-dealkylation sites (tertiary alicyclic amines) is 1. The average Bonchev–Trinajstić information content (AvgIpc) is 3.39. The summed E-state index contributed by atoms with van der Waals surface area (Å²) in [6.07, 6.45) is -1.91. The van der Waals surface area contributed by atoms with E-state index in [1.54, 1.807) is 6.92 Å². The van der Waals surface area contributed by atoms with Gasteiger partial charge in [-0.2, -0.15) is 13.2 Å². The van der Waals surface area contributed by atoms with Crippen LogP contribution in [0.5, 0.6) is 0 Å². The van der Waals surface area contributed by atoms with Crippen LogP contribution in [-0.2, 0) is 10.9 Å². The number of hydrogen-bond acceptors (Lipinski definition) is 5. The van der Waals surface area contributed by atoms with Crippen LogP contribution in [0, 0.1) is 30.5 Å². The van der Waals surface area contributed by atoms with Crippen molar-refractivity contribution in [3.05, 3.63) is 41.2 Å². The van der Waals surface area contributed by atoms with Crippen molar-refractivity contribution in [2.45, 2.75) is 44.8 Å². The highest BCUT2D eigenvalue weighted by Gasteiger charge is 2.43. The summed E-state index contributed by atoms with van der Waals surface area (Å²) in [5, 5.41) is 10.9. The lowest BCUT2D eigenvalue weighted by Crippen LogP contribution is -2.32. The number of hydrogen-bond donors (Lipinski definition) is 1. The smallest absolute Gasteiger partial charge is 0.381 e. The normalized spacial score (nSPS) is 27.4. The van der Waals surface area contributed by atoms with Crippen molar-refractivity contribution in [3.8, 4) is 11.3 Å². The third-order valence-corrected chi connectivity index (χ3v) is 7.24. The molecule has 3 fully saturated rings. The number of alkyl halides is 3. The maximum absolute atomic E-state index is 13.9. The first kappa shape index (κ1) is 21.1. The highest BCUT2D eigenvalue weighted by atomic mass is 19.4. The largest absolute Gasteiger partial charge is 0.420 e. The number of fused-ring (bicyclic) bond motifs is 1. The van der Waals surface area contributed by atoms with Crippen molar-refractivity contribution < 1.29 is 25.0 Å². The summed E-state index contributed by atoms with van der Waals surface area (Å²) in [4.78, 5) is 1.93. The summed E-state index contributed by atoms with van der Waals surface area (Å²) in [6, 6.07) is 4.63. The number of benzene rings is 1. The van der Waals surface area contributed by atoms with E-state index in [4.69, 9.17) is 7.48 Å². The fourth-order valence-corrected chi connectivity index (χ4v) is 5.56. The molecule has 2 unspecified atom stereocenters. The van der Waals surface area contributed by atoms with E-state index in [0.717, 1.165) is 6.07 Å². The lowest BCUT2D eigenvalue weighted by atomic mass is 10.00. The Labute approximate surface area is 199 Å². The van der Waals surface area contributed by atoms with Crippen LogP contribution in [-0.4, -0.2) is 53.9 Å². The lowest BCUT2D eigenvalue weighted by Gasteiger charge is -2.28. The van der Waals surface area contributed by atoms with E-state index in [1.807, 2.05) is 4.90 Å². The molecule has 1 saturated carbocycles. The van der Waals surface area contributed by atoms with Crippen molar-refractivity contribution >= 4 is 5.82 Å². The maximum Gasteiger partial charge on any atom is 0.420 e. The SMILES string of the molecule is [2H]C([2H])(C1CCOCC1)N1CC2CC(Nc3nnc(-c4ccc(F)cc4C)cc3C(F)(F)F)CC2C1. The Balaban J connectivity index is 1.28. The monoisotopic (exact) mass is 480 g/mol. The first-order chi connectivity index (χ1) is 17.0. The zero-order valence-electron chi connectivity index (χ0n) is 21.0. The van der Waals surface area contributed by atoms with Crippen LogP contribution in [0.4, 0.5) is 23.4 Å². The van der Waals surface area contributed by atoms with Gasteiger partial charge >= 0.3 is 6.18 Å². The van der Waals surface area contributed by atoms with Gasteiger partial charge in [-0.3, -0.25) is 0 Å². The molecule has 2 saturated heterocycles. The molecule has 5 nitrogen and oxygen atoms in total. The molecule has 1 aromatic carbocycles. The van der Waals surface area contributed by atoms with E-state index >= 15 is 0 Å². The summed E-state index contributed by atoms with van der Waals surface area (Å²) in [5.74, 6) is -0.385. The molecule has 5 rings (SSSR count). The molecule has 2 aromatic rings. The second kappa shape index (κ2) is 9.41. The van der Waals surface area contributed by atoms with Gasteiger partial charge in [-0.05, 0) is 80.2 Å². The zero-order chi connectivity index (χ0) is 25.7. The van der Waals surface area contributed by atoms with E-state index in [2.05, 4.69) is 15.5 Å². The van der Waals surface area contributed by atoms with Gasteiger partial charge in [-0.15, -0.1) is 10.2 Å². The molecule has 0 amide bonds. The molecule has 1 aromatic heterocycles. The van der Waals surface area contributed by atoms with Crippen LogP contribution in [0.25, 0.3) is 11.3 Å². The van der Waals surface area contributed by atoms with Crippen LogP contribution in [0.2, 0.25) is 0 Å². The Morgan fingerprint density at radius 2 is 1.82 bits per heavy atom. The number of nitrogens with one attached hydrogen (secondary N) is 1. The van der Waals surface area contributed by atoms with Crippen LogP contribution in [0.3, 0.4) is 0 Å². The molecule has 3 aliphatic rings. The third-order valence-electron chi connectivity index (χ3n) is 7.24. The molecular formula is C25H30F4N4O. The first-order valence-corrected chi connectivity index (χ1v) is 11.8. The molecule has 0 radical (unpaired) electrons. The van der Waals surface area contributed by atoms with E-state index in [-0.39, 0.29) is 35.3 Å². The van der Waals surface area contributed by atoms with Crippen molar-refractivity contribution in [1.82, 2.24) is 15.1 Å². The highest BCUT2D eigenvalue weighted by Crippen LogP contribution is 2.42. The van der Waals surface area contributed by atoms with Crippen molar-refractivity contribution in [1.29, 1.82) is 0 Å². The third kappa shape index (κ3) is 5.05. The highest BCUT2D eigenvalue weighted by molar-refractivity contribution is 5.65. The Kier molecular flexibility index (Phi) is 5.83. The predicted octanol–water partition coefficient (Wildman–Crippen LogP) is 5.16. The summed E-state index contributed by atoms with van der Waals surface area (Å²) in [5.41, 5.74) is 0.0209. The van der Waals surface area contributed by atoms with Gasteiger partial charge in [-0.25, -0.2) is 4.39 Å². The van der Waals surface area contributed by atoms with Gasteiger partial charge in [0.15, 0.2) is 5.82 Å². The average molecular weight is 481 g/mol. The number of aryl methyl sites for hydroxylation is 1. The van der Waals surface area contributed by atoms with Gasteiger partial charge in [-0.1, -0.05) is 0 Å². The quantitative estimate of drug-likeness (QED) is 0.600. The van der Waals surface area contributed by atoms with Gasteiger partial charge in [0.1, 0.15) is 11.4 Å². The summed E-state index contributed by atoms with van der Waals surface area (Å²) in [7, 11) is 0. The minimum Gasteiger partial charge on any atom is -0.381 e. The Morgan fingerprint density at radius 3 is 2.47 bits per heavy atom. The van der Waals surface area contributed by atoms with Gasteiger partial charge < -0.3 is 15.0 Å². The van der Waals surface area contributed by atoms with E-state index in [0.29, 0.717) is 63.1 Å². The maximum atomic E-state index is 13.9. The zero-order valence-corrected chi connectivity index (χ0v) is 19.0. The van der Waals surface area contributed by atoms with Crippen molar-refractivity contribution in [2.24, 2.45) is 17.8 Å². The molecule has 3 heterocycles. The minimum absolute atomic E-state index is 0.0413. The van der Waals surface area contributed by atoms with Gasteiger partial charge in [0.25, 0.3) is 0 Å². The van der Waals surface area contributed by atoms with Crippen LogP contribution < -0.4 is 5.32 Å². The Bertz CT molecular complexity index is 1100. The first-order valence-electron chi connectivity index (χ1n) is 12.8. The lowest BCUT2D eigenvalue weighted by molar-refractivity contribution is -0.137. The molecule has 1 aliphatic carbocycles. The molecule has 34 heavy (non-hydrogen) atoms. The van der Waals surface area contributed by atoms with Gasteiger partial charge in [0.05, 0.1) is 5.69 Å². The molecule has 184 valence electrons. The second-order valence-corrected chi connectivity index (χ2v) is 9.70. The molecule has 2 aliphatic heterocycles. The molecule has 2 atom stereocenters. The molecule has 1 N–H and O–H groups in total. The van der Waals surface area contributed by atoms with Crippen molar-refractivity contribution in [3.63, 3.8) is 0 Å². The number of anilines is 1. The van der Waals surface area contributed by atoms with Gasteiger partial charge in [0, 0.05) is 47.1 Å². The number of nitrogens with zero attached hydrogens (tertiary/aromatic N) is 3. The summed E-state index contributed by atoms with van der Waals surface area (Å²) >= 11 is 0. The Hall–Kier alpha value is -2.26. The fraction of sp³-hybridized carbons (Fsp3) is 0.600. The number of rotatable bonds is 5. The number of ether oxygens (including phenoxy) is 1. The van der Waals surface area contributed by atoms with Gasteiger partial charge in [0.2, 0.25) is 0 Å². The fourth-order valence-electron chi connectivity index (χ4n) is 5.56. The standard InChI is InChI=1S/C25H30F4N4O/c1-15-8-19(26)2-3-21(15)23-11-22(25(27,28)29)24(32-31-23)30-20-9-17-13-33(14-18(17)10-20)12-16-4-6-34-7-5-16/h2-3,8,11,16-18,20H,4-7,9-10,12-14H2,1H3,(H,30,32)/i12D2. The second-order valence-electron chi connectivity index (χ2n) is 9.70. The molecule has 0 bridgehead atoms. The molecular weight excluding hydrogens is 448 g/mol. The summed E-state index contributed by atoms with van der Waals surface area (Å²) in [6.45, 7) is 2.59.